The summed E-state index contributed by atoms with van der Waals surface area (Å²) in [7, 11) is -1.83. The summed E-state index contributed by atoms with van der Waals surface area (Å²) >= 11 is 0. The summed E-state index contributed by atoms with van der Waals surface area (Å²) in [5.74, 6) is 0. The molecular formula is C15H20N4O2S. The molecule has 0 fully saturated rings. The molecule has 3 rings (SSSR count). The molecular weight excluding hydrogens is 300 g/mol. The van der Waals surface area contributed by atoms with Gasteiger partial charge in [0.15, 0.2) is 0 Å². The van der Waals surface area contributed by atoms with E-state index in [-0.39, 0.29) is 5.41 Å². The third-order valence-corrected chi connectivity index (χ3v) is 5.61. The zero-order chi connectivity index (χ0) is 16.1. The summed E-state index contributed by atoms with van der Waals surface area (Å²) in [4.78, 5) is 4.36. The van der Waals surface area contributed by atoms with Gasteiger partial charge in [-0.05, 0) is 17.2 Å². The van der Waals surface area contributed by atoms with Gasteiger partial charge in [0.1, 0.15) is 4.90 Å². The van der Waals surface area contributed by atoms with Crippen LogP contribution in [-0.4, -0.2) is 27.5 Å². The highest BCUT2D eigenvalue weighted by molar-refractivity contribution is 7.89. The first-order chi connectivity index (χ1) is 10.2. The Kier molecular flexibility index (Phi) is 3.37. The summed E-state index contributed by atoms with van der Waals surface area (Å²) in [5.41, 5.74) is 2.24. The molecule has 0 bridgehead atoms. The second-order valence-electron chi connectivity index (χ2n) is 6.68. The van der Waals surface area contributed by atoms with E-state index in [2.05, 4.69) is 10.1 Å². The predicted octanol–water partition coefficient (Wildman–Crippen LogP) is 1.82. The van der Waals surface area contributed by atoms with Crippen molar-refractivity contribution in [1.82, 2.24) is 19.1 Å². The summed E-state index contributed by atoms with van der Waals surface area (Å²) in [5, 5.41) is 4.37. The quantitative estimate of drug-likeness (QED) is 0.846. The average Bonchev–Trinajstić information content (AvgIpc) is 3.01. The molecule has 0 aliphatic carbocycles. The Morgan fingerprint density at radius 2 is 1.86 bits per heavy atom. The van der Waals surface area contributed by atoms with Crippen LogP contribution in [0.3, 0.4) is 0 Å². The van der Waals surface area contributed by atoms with Crippen molar-refractivity contribution in [2.75, 3.05) is 0 Å². The summed E-state index contributed by atoms with van der Waals surface area (Å²) < 4.78 is 29.1. The Labute approximate surface area is 130 Å². The highest BCUT2D eigenvalue weighted by Gasteiger charge is 2.36. The van der Waals surface area contributed by atoms with Crippen molar-refractivity contribution < 1.29 is 8.42 Å². The molecule has 3 heterocycles. The number of rotatable bonds is 2. The smallest absolute Gasteiger partial charge is 0.247 e. The number of aryl methyl sites for hydroxylation is 1. The fourth-order valence-corrected chi connectivity index (χ4v) is 4.45. The molecule has 7 heteroatoms. The number of pyridine rings is 1. The fourth-order valence-electron chi connectivity index (χ4n) is 2.67. The van der Waals surface area contributed by atoms with Crippen molar-refractivity contribution >= 4 is 10.0 Å². The van der Waals surface area contributed by atoms with E-state index in [1.54, 1.807) is 30.3 Å². The molecule has 1 aliphatic heterocycles. The number of hydrogen-bond acceptors (Lipinski definition) is 4. The van der Waals surface area contributed by atoms with E-state index in [1.165, 1.54) is 4.31 Å². The van der Waals surface area contributed by atoms with Gasteiger partial charge in [-0.1, -0.05) is 20.8 Å². The highest BCUT2D eigenvalue weighted by atomic mass is 32.2. The molecule has 0 N–H and O–H groups in total. The Bertz CT molecular complexity index is 793. The number of hydrogen-bond donors (Lipinski definition) is 0. The van der Waals surface area contributed by atoms with Crippen molar-refractivity contribution in [3.63, 3.8) is 0 Å². The van der Waals surface area contributed by atoms with Crippen molar-refractivity contribution in [3.8, 4) is 0 Å². The second kappa shape index (κ2) is 4.89. The van der Waals surface area contributed by atoms with Crippen LogP contribution in [0.2, 0.25) is 0 Å². The van der Waals surface area contributed by atoms with Crippen LogP contribution < -0.4 is 0 Å². The van der Waals surface area contributed by atoms with Crippen LogP contribution in [0.4, 0.5) is 0 Å². The van der Waals surface area contributed by atoms with Gasteiger partial charge in [-0.15, -0.1) is 0 Å². The largest absolute Gasteiger partial charge is 0.274 e. The lowest BCUT2D eigenvalue weighted by Gasteiger charge is -2.20. The van der Waals surface area contributed by atoms with Gasteiger partial charge in [0.2, 0.25) is 10.0 Å². The molecule has 2 aromatic rings. The zero-order valence-corrected chi connectivity index (χ0v) is 14.1. The molecule has 0 saturated heterocycles. The molecule has 0 aromatic carbocycles. The normalized spacial score (nSPS) is 16.0. The Morgan fingerprint density at radius 3 is 2.50 bits per heavy atom. The monoisotopic (exact) mass is 320 g/mol. The maximum absolute atomic E-state index is 13.0. The first-order valence-corrected chi connectivity index (χ1v) is 8.59. The van der Waals surface area contributed by atoms with E-state index in [9.17, 15) is 8.42 Å². The number of nitrogens with zero attached hydrogens (tertiary/aromatic N) is 4. The van der Waals surface area contributed by atoms with E-state index < -0.39 is 10.0 Å². The zero-order valence-electron chi connectivity index (χ0n) is 13.2. The van der Waals surface area contributed by atoms with Crippen molar-refractivity contribution in [3.05, 3.63) is 41.5 Å². The third-order valence-electron chi connectivity index (χ3n) is 3.82. The van der Waals surface area contributed by atoms with Crippen molar-refractivity contribution in [2.45, 2.75) is 44.2 Å². The molecule has 2 aromatic heterocycles. The van der Waals surface area contributed by atoms with Crippen molar-refractivity contribution in [1.29, 1.82) is 0 Å². The molecule has 22 heavy (non-hydrogen) atoms. The van der Waals surface area contributed by atoms with Gasteiger partial charge < -0.3 is 0 Å². The average molecular weight is 320 g/mol. The Morgan fingerprint density at radius 1 is 1.18 bits per heavy atom. The fraction of sp³-hybridized carbons (Fsp3) is 0.467. The summed E-state index contributed by atoms with van der Waals surface area (Å²) in [6.45, 7) is 6.66. The minimum absolute atomic E-state index is 0.295. The molecule has 0 spiro atoms. The maximum atomic E-state index is 13.0. The van der Waals surface area contributed by atoms with E-state index in [0.717, 1.165) is 11.1 Å². The van der Waals surface area contributed by atoms with Crippen LogP contribution in [-0.2, 0) is 35.6 Å². The van der Waals surface area contributed by atoms with E-state index >= 15 is 0 Å². The van der Waals surface area contributed by atoms with Crippen LogP contribution in [0.15, 0.2) is 29.6 Å². The first-order valence-electron chi connectivity index (χ1n) is 7.15. The van der Waals surface area contributed by atoms with Crippen molar-refractivity contribution in [2.24, 2.45) is 7.05 Å². The lowest BCUT2D eigenvalue weighted by atomic mass is 9.92. The molecule has 0 unspecified atom stereocenters. The number of fused-ring (bicyclic) bond motifs is 1. The Balaban J connectivity index is 2.03. The molecule has 0 saturated carbocycles. The van der Waals surface area contributed by atoms with E-state index in [4.69, 9.17) is 0 Å². The molecule has 0 amide bonds. The van der Waals surface area contributed by atoms with Gasteiger partial charge >= 0.3 is 0 Å². The lowest BCUT2D eigenvalue weighted by Crippen LogP contribution is -2.28. The molecule has 1 aliphatic rings. The van der Waals surface area contributed by atoms with Gasteiger partial charge in [0, 0.05) is 44.1 Å². The van der Waals surface area contributed by atoms with Crippen LogP contribution in [0.25, 0.3) is 0 Å². The second-order valence-corrected chi connectivity index (χ2v) is 8.59. The van der Waals surface area contributed by atoms with E-state index in [1.807, 2.05) is 26.8 Å². The molecule has 118 valence electrons. The Hall–Kier alpha value is -1.73. The third kappa shape index (κ3) is 2.44. The van der Waals surface area contributed by atoms with Gasteiger partial charge in [-0.2, -0.15) is 9.40 Å². The molecule has 6 nitrogen and oxygen atoms in total. The van der Waals surface area contributed by atoms with E-state index in [0.29, 0.717) is 23.7 Å². The standard InChI is InChI=1S/C15H20N4O2S/c1-15(2,3)14-13(10-18(4)17-14)22(20,21)19-8-11-5-6-16-7-12(11)9-19/h5-7,10H,8-9H2,1-4H3. The van der Waals surface area contributed by atoms with Crippen LogP contribution in [0, 0.1) is 0 Å². The predicted molar refractivity (Wildman–Crippen MR) is 82.6 cm³/mol. The van der Waals surface area contributed by atoms with Crippen LogP contribution >= 0.6 is 0 Å². The van der Waals surface area contributed by atoms with Crippen LogP contribution in [0.1, 0.15) is 37.6 Å². The van der Waals surface area contributed by atoms with Crippen LogP contribution in [0.5, 0.6) is 0 Å². The number of sulfonamides is 1. The highest BCUT2D eigenvalue weighted by Crippen LogP contribution is 2.33. The maximum Gasteiger partial charge on any atom is 0.247 e. The van der Waals surface area contributed by atoms with Gasteiger partial charge in [-0.25, -0.2) is 8.42 Å². The molecule has 0 radical (unpaired) electrons. The molecule has 0 atom stereocenters. The minimum Gasteiger partial charge on any atom is -0.274 e. The first kappa shape index (κ1) is 15.2. The summed E-state index contributed by atoms with van der Waals surface area (Å²) in [6, 6.07) is 1.87. The minimum atomic E-state index is -3.58. The van der Waals surface area contributed by atoms with Gasteiger partial charge in [-0.3, -0.25) is 9.67 Å². The van der Waals surface area contributed by atoms with Gasteiger partial charge in [0.25, 0.3) is 0 Å². The SMILES string of the molecule is Cn1cc(S(=O)(=O)N2Cc3ccncc3C2)c(C(C)(C)C)n1. The topological polar surface area (TPSA) is 68.1 Å². The number of aromatic nitrogens is 3. The lowest BCUT2D eigenvalue weighted by molar-refractivity contribution is 0.428. The summed E-state index contributed by atoms with van der Waals surface area (Å²) in [6.07, 6.45) is 5.02. The van der Waals surface area contributed by atoms with Gasteiger partial charge in [0.05, 0.1) is 5.69 Å².